The fraction of sp³-hybridized carbons (Fsp3) is 0.500. The van der Waals surface area contributed by atoms with E-state index in [1.807, 2.05) is 0 Å². The lowest BCUT2D eigenvalue weighted by Gasteiger charge is -2.18. The van der Waals surface area contributed by atoms with Gasteiger partial charge in [0.25, 0.3) is 0 Å². The molecule has 88 valence electrons. The molecule has 16 heavy (non-hydrogen) atoms. The molecule has 0 saturated carbocycles. The van der Waals surface area contributed by atoms with E-state index in [1.54, 1.807) is 0 Å². The first-order chi connectivity index (χ1) is 7.57. The molecule has 2 nitrogen and oxygen atoms in total. The lowest BCUT2D eigenvalue weighted by Crippen LogP contribution is -2.23. The number of ketones is 2. The molecule has 0 aromatic carbocycles. The summed E-state index contributed by atoms with van der Waals surface area (Å²) in [5.74, 6) is -1.66. The average Bonchev–Trinajstić information content (AvgIpc) is 2.28. The van der Waals surface area contributed by atoms with Gasteiger partial charge in [-0.2, -0.15) is 0 Å². The van der Waals surface area contributed by atoms with E-state index >= 15 is 0 Å². The maximum atomic E-state index is 11.8. The van der Waals surface area contributed by atoms with Gasteiger partial charge in [0.1, 0.15) is 0 Å². The van der Waals surface area contributed by atoms with Gasteiger partial charge in [0.15, 0.2) is 0 Å². The van der Waals surface area contributed by atoms with Crippen molar-refractivity contribution in [1.29, 1.82) is 0 Å². The number of rotatable bonds is 3. The van der Waals surface area contributed by atoms with Gasteiger partial charge in [0, 0.05) is 10.1 Å². The van der Waals surface area contributed by atoms with E-state index < -0.39 is 17.5 Å². The van der Waals surface area contributed by atoms with Crippen LogP contribution in [0.4, 0.5) is 0 Å². The monoisotopic (exact) mass is 260 g/mol. The largest absolute Gasteiger partial charge is 0.290 e. The molecule has 4 heteroatoms. The molecule has 0 amide bonds. The summed E-state index contributed by atoms with van der Waals surface area (Å²) in [6, 6.07) is 0. The van der Waals surface area contributed by atoms with Crippen LogP contribution in [0.3, 0.4) is 0 Å². The van der Waals surface area contributed by atoms with Crippen molar-refractivity contribution in [3.05, 3.63) is 22.7 Å². The smallest absolute Gasteiger partial charge is 0.221 e. The Bertz CT molecular complexity index is 345. The van der Waals surface area contributed by atoms with Crippen LogP contribution in [0.1, 0.15) is 32.1 Å². The first-order valence-corrected chi connectivity index (χ1v) is 6.08. The van der Waals surface area contributed by atoms with Crippen molar-refractivity contribution in [1.82, 2.24) is 0 Å². The standard InChI is InChI=1S/C12H14Cl2O2/c1-2-10(15)12(16)8-6-4-3-5-7-9(13)11(8)14/h2,8H,1,3-7H2/b11-9-. The predicted octanol–water partition coefficient (Wildman–Crippen LogP) is 3.58. The van der Waals surface area contributed by atoms with Gasteiger partial charge in [-0.25, -0.2) is 0 Å². The fourth-order valence-corrected chi connectivity index (χ4v) is 2.33. The Morgan fingerprint density at radius 3 is 2.56 bits per heavy atom. The van der Waals surface area contributed by atoms with E-state index in [1.165, 1.54) is 0 Å². The van der Waals surface area contributed by atoms with E-state index in [9.17, 15) is 9.59 Å². The van der Waals surface area contributed by atoms with Crippen LogP contribution in [-0.2, 0) is 9.59 Å². The van der Waals surface area contributed by atoms with Crippen LogP contribution in [0.15, 0.2) is 22.7 Å². The zero-order valence-electron chi connectivity index (χ0n) is 8.97. The van der Waals surface area contributed by atoms with Crippen LogP contribution in [0, 0.1) is 5.92 Å². The highest BCUT2D eigenvalue weighted by Gasteiger charge is 2.28. The van der Waals surface area contributed by atoms with Crippen molar-refractivity contribution in [2.75, 3.05) is 0 Å². The van der Waals surface area contributed by atoms with Gasteiger partial charge in [-0.05, 0) is 25.3 Å². The highest BCUT2D eigenvalue weighted by molar-refractivity contribution is 6.47. The fourth-order valence-electron chi connectivity index (χ4n) is 1.76. The quantitative estimate of drug-likeness (QED) is 0.574. The molecule has 0 bridgehead atoms. The maximum absolute atomic E-state index is 11.8. The van der Waals surface area contributed by atoms with Crippen LogP contribution in [0.2, 0.25) is 0 Å². The van der Waals surface area contributed by atoms with Crippen molar-refractivity contribution < 1.29 is 9.59 Å². The predicted molar refractivity (Wildman–Crippen MR) is 65.5 cm³/mol. The Morgan fingerprint density at radius 1 is 1.25 bits per heavy atom. The molecule has 0 aliphatic heterocycles. The molecule has 1 rings (SSSR count). The van der Waals surface area contributed by atoms with Gasteiger partial charge in [-0.15, -0.1) is 0 Å². The molecule has 0 aromatic heterocycles. The zero-order chi connectivity index (χ0) is 12.1. The molecule has 0 N–H and O–H groups in total. The van der Waals surface area contributed by atoms with Gasteiger partial charge in [0.05, 0.1) is 5.92 Å². The maximum Gasteiger partial charge on any atom is 0.221 e. The minimum atomic E-state index is -0.590. The van der Waals surface area contributed by atoms with Crippen molar-refractivity contribution >= 4 is 34.8 Å². The Kier molecular flexibility index (Phi) is 5.23. The second kappa shape index (κ2) is 6.21. The minimum absolute atomic E-state index is 0.335. The molecule has 1 aliphatic rings. The SMILES string of the molecule is C=CC(=O)C(=O)C1CCCCC/C(Cl)=C\1Cl. The Labute approximate surface area is 105 Å². The molecule has 0 aromatic rings. The third-order valence-electron chi connectivity index (χ3n) is 2.70. The summed E-state index contributed by atoms with van der Waals surface area (Å²) in [6.45, 7) is 3.30. The number of carbonyl (C=O) groups excluding carboxylic acids is 2. The van der Waals surface area contributed by atoms with Gasteiger partial charge >= 0.3 is 0 Å². The lowest BCUT2D eigenvalue weighted by atomic mass is 9.91. The van der Waals surface area contributed by atoms with Gasteiger partial charge in [-0.1, -0.05) is 42.6 Å². The molecular formula is C12H14Cl2O2. The Balaban J connectivity index is 2.94. The van der Waals surface area contributed by atoms with Crippen molar-refractivity contribution in [3.63, 3.8) is 0 Å². The molecule has 0 heterocycles. The molecule has 0 spiro atoms. The molecule has 0 fully saturated rings. The van der Waals surface area contributed by atoms with Gasteiger partial charge < -0.3 is 0 Å². The summed E-state index contributed by atoms with van der Waals surface area (Å²) in [4.78, 5) is 23.0. The number of allylic oxidation sites excluding steroid dienone is 3. The topological polar surface area (TPSA) is 34.1 Å². The highest BCUT2D eigenvalue weighted by atomic mass is 35.5. The van der Waals surface area contributed by atoms with E-state index in [4.69, 9.17) is 23.2 Å². The third-order valence-corrected chi connectivity index (χ3v) is 3.68. The van der Waals surface area contributed by atoms with Crippen LogP contribution >= 0.6 is 23.2 Å². The summed E-state index contributed by atoms with van der Waals surface area (Å²) in [6.07, 6.45) is 5.18. The summed E-state index contributed by atoms with van der Waals surface area (Å²) < 4.78 is 0. The number of carbonyl (C=O) groups is 2. The Hall–Kier alpha value is -0.600. The molecule has 1 unspecified atom stereocenters. The van der Waals surface area contributed by atoms with Crippen LogP contribution in [0.25, 0.3) is 0 Å². The van der Waals surface area contributed by atoms with Crippen molar-refractivity contribution in [2.45, 2.75) is 32.1 Å². The van der Waals surface area contributed by atoms with Crippen LogP contribution in [0.5, 0.6) is 0 Å². The first-order valence-electron chi connectivity index (χ1n) is 5.32. The normalized spacial score (nSPS) is 26.8. The summed E-state index contributed by atoms with van der Waals surface area (Å²) >= 11 is 12.0. The average molecular weight is 261 g/mol. The van der Waals surface area contributed by atoms with E-state index in [0.717, 1.165) is 25.3 Å². The second-order valence-corrected chi connectivity index (χ2v) is 4.70. The third kappa shape index (κ3) is 3.19. The van der Waals surface area contributed by atoms with E-state index in [2.05, 4.69) is 6.58 Å². The summed E-state index contributed by atoms with van der Waals surface area (Å²) in [5, 5.41) is 0.846. The Morgan fingerprint density at radius 2 is 1.94 bits per heavy atom. The van der Waals surface area contributed by atoms with Crippen LogP contribution < -0.4 is 0 Å². The molecule has 1 aliphatic carbocycles. The van der Waals surface area contributed by atoms with Gasteiger partial charge in [0.2, 0.25) is 11.6 Å². The molecule has 0 saturated heterocycles. The number of Topliss-reactive ketones (excluding diaryl/α,β-unsaturated/α-hetero) is 1. The number of hydrogen-bond acceptors (Lipinski definition) is 2. The summed E-state index contributed by atoms with van der Waals surface area (Å²) in [5.41, 5.74) is 0. The molecule has 1 atom stereocenters. The molecule has 0 radical (unpaired) electrons. The number of halogens is 2. The van der Waals surface area contributed by atoms with E-state index in [-0.39, 0.29) is 0 Å². The van der Waals surface area contributed by atoms with Crippen molar-refractivity contribution in [2.24, 2.45) is 5.92 Å². The highest BCUT2D eigenvalue weighted by Crippen LogP contribution is 2.33. The zero-order valence-corrected chi connectivity index (χ0v) is 10.5. The minimum Gasteiger partial charge on any atom is -0.290 e. The van der Waals surface area contributed by atoms with E-state index in [0.29, 0.717) is 22.9 Å². The lowest BCUT2D eigenvalue weighted by molar-refractivity contribution is -0.135. The number of hydrogen-bond donors (Lipinski definition) is 0. The summed E-state index contributed by atoms with van der Waals surface area (Å²) in [7, 11) is 0. The second-order valence-electron chi connectivity index (χ2n) is 3.84. The van der Waals surface area contributed by atoms with Gasteiger partial charge in [-0.3, -0.25) is 9.59 Å². The van der Waals surface area contributed by atoms with Crippen LogP contribution in [-0.4, -0.2) is 11.6 Å². The first kappa shape index (κ1) is 13.5. The van der Waals surface area contributed by atoms with Crippen molar-refractivity contribution in [3.8, 4) is 0 Å². The molecular weight excluding hydrogens is 247 g/mol.